The third-order valence-electron chi connectivity index (χ3n) is 3.89. The Balaban J connectivity index is 1.64. The largest absolute Gasteiger partial charge is 0.420 e. The van der Waals surface area contributed by atoms with Crippen molar-refractivity contribution in [3.63, 3.8) is 0 Å². The van der Waals surface area contributed by atoms with Crippen LogP contribution >= 0.6 is 11.6 Å². The van der Waals surface area contributed by atoms with Crippen molar-refractivity contribution in [3.8, 4) is 0 Å². The quantitative estimate of drug-likeness (QED) is 0.685. The van der Waals surface area contributed by atoms with Gasteiger partial charge in [-0.05, 0) is 36.8 Å². The number of rotatable bonds is 4. The molecule has 3 rings (SSSR count). The first kappa shape index (κ1) is 17.8. The minimum Gasteiger partial charge on any atom is -0.408 e. The Labute approximate surface area is 153 Å². The van der Waals surface area contributed by atoms with Crippen LogP contribution in [0.3, 0.4) is 0 Å². The number of nitrogens with one attached hydrogen (secondary N) is 2. The first-order chi connectivity index (χ1) is 12.5. The number of hydrazine groups is 1. The molecular formula is C18H16ClN3O4. The monoisotopic (exact) mass is 373 g/mol. The van der Waals surface area contributed by atoms with Gasteiger partial charge in [-0.1, -0.05) is 35.9 Å². The smallest absolute Gasteiger partial charge is 0.408 e. The molecule has 2 amide bonds. The van der Waals surface area contributed by atoms with Crippen LogP contribution in [0.15, 0.2) is 57.7 Å². The van der Waals surface area contributed by atoms with Crippen LogP contribution in [0.5, 0.6) is 0 Å². The highest BCUT2D eigenvalue weighted by atomic mass is 35.5. The second-order valence-electron chi connectivity index (χ2n) is 5.72. The van der Waals surface area contributed by atoms with E-state index in [2.05, 4.69) is 10.9 Å². The van der Waals surface area contributed by atoms with Crippen molar-refractivity contribution in [1.82, 2.24) is 15.4 Å². The maximum atomic E-state index is 12.3. The van der Waals surface area contributed by atoms with Crippen LogP contribution in [-0.4, -0.2) is 16.4 Å². The number of halogens is 1. The fourth-order valence-corrected chi connectivity index (χ4v) is 2.66. The number of hydrogen-bond donors (Lipinski definition) is 2. The molecule has 7 nitrogen and oxygen atoms in total. The van der Waals surface area contributed by atoms with Crippen molar-refractivity contribution in [2.45, 2.75) is 19.4 Å². The molecule has 1 heterocycles. The first-order valence-corrected chi connectivity index (χ1v) is 8.26. The number of fused-ring (bicyclic) bond motifs is 1. The van der Waals surface area contributed by atoms with E-state index < -0.39 is 23.6 Å². The molecule has 1 atom stereocenters. The van der Waals surface area contributed by atoms with Crippen molar-refractivity contribution < 1.29 is 14.0 Å². The van der Waals surface area contributed by atoms with Gasteiger partial charge in [0.25, 0.3) is 5.91 Å². The van der Waals surface area contributed by atoms with Gasteiger partial charge in [0, 0.05) is 5.02 Å². The molecule has 1 aromatic heterocycles. The Bertz CT molecular complexity index is 1010. The standard InChI is InChI=1S/C18H16ClN3O4/c1-11(22-14-4-2-3-5-15(14)26-18(22)25)17(24)21-20-16(23)10-12-6-8-13(19)9-7-12/h2-9,11H,10H2,1H3,(H,20,23)(H,21,24). The van der Waals surface area contributed by atoms with Crippen LogP contribution in [-0.2, 0) is 16.0 Å². The molecule has 0 spiro atoms. The molecular weight excluding hydrogens is 358 g/mol. The van der Waals surface area contributed by atoms with Crippen molar-refractivity contribution in [1.29, 1.82) is 0 Å². The third kappa shape index (κ3) is 3.78. The number of amides is 2. The summed E-state index contributed by atoms with van der Waals surface area (Å²) in [6.45, 7) is 1.55. The van der Waals surface area contributed by atoms with E-state index in [1.165, 1.54) is 4.57 Å². The molecule has 3 aromatic rings. The van der Waals surface area contributed by atoms with Crippen molar-refractivity contribution in [3.05, 3.63) is 69.7 Å². The third-order valence-corrected chi connectivity index (χ3v) is 4.14. The van der Waals surface area contributed by atoms with Crippen molar-refractivity contribution in [2.24, 2.45) is 0 Å². The minimum atomic E-state index is -0.859. The van der Waals surface area contributed by atoms with E-state index in [1.54, 1.807) is 55.5 Å². The normalized spacial score (nSPS) is 11.9. The summed E-state index contributed by atoms with van der Waals surface area (Å²) in [6.07, 6.45) is 0.0837. The number of nitrogens with zero attached hydrogens (tertiary/aromatic N) is 1. The van der Waals surface area contributed by atoms with Gasteiger partial charge in [-0.15, -0.1) is 0 Å². The van der Waals surface area contributed by atoms with Gasteiger partial charge in [-0.2, -0.15) is 0 Å². The first-order valence-electron chi connectivity index (χ1n) is 7.89. The Morgan fingerprint density at radius 3 is 2.54 bits per heavy atom. The lowest BCUT2D eigenvalue weighted by atomic mass is 10.1. The molecule has 0 radical (unpaired) electrons. The fourth-order valence-electron chi connectivity index (χ4n) is 2.54. The van der Waals surface area contributed by atoms with E-state index >= 15 is 0 Å². The second-order valence-corrected chi connectivity index (χ2v) is 6.16. The molecule has 26 heavy (non-hydrogen) atoms. The van der Waals surface area contributed by atoms with Gasteiger partial charge in [0.15, 0.2) is 5.58 Å². The molecule has 0 fully saturated rings. The predicted molar refractivity (Wildman–Crippen MR) is 96.6 cm³/mol. The molecule has 0 bridgehead atoms. The average molecular weight is 374 g/mol. The molecule has 0 aliphatic rings. The highest BCUT2D eigenvalue weighted by molar-refractivity contribution is 6.30. The summed E-state index contributed by atoms with van der Waals surface area (Å²) in [4.78, 5) is 36.2. The Hall–Kier alpha value is -3.06. The summed E-state index contributed by atoms with van der Waals surface area (Å²) in [5.74, 6) is -1.57. The SMILES string of the molecule is CC(C(=O)NNC(=O)Cc1ccc(Cl)cc1)n1c(=O)oc2ccccc21. The van der Waals surface area contributed by atoms with Gasteiger partial charge in [0.05, 0.1) is 11.9 Å². The minimum absolute atomic E-state index is 0.0837. The van der Waals surface area contributed by atoms with E-state index in [9.17, 15) is 14.4 Å². The van der Waals surface area contributed by atoms with E-state index in [-0.39, 0.29) is 6.42 Å². The summed E-state index contributed by atoms with van der Waals surface area (Å²) < 4.78 is 6.35. The maximum absolute atomic E-state index is 12.3. The molecule has 0 saturated heterocycles. The zero-order valence-electron chi connectivity index (χ0n) is 13.9. The molecule has 0 aliphatic heterocycles. The molecule has 1 unspecified atom stereocenters. The molecule has 0 aliphatic carbocycles. The van der Waals surface area contributed by atoms with Crippen molar-refractivity contribution >= 4 is 34.5 Å². The summed E-state index contributed by atoms with van der Waals surface area (Å²) in [7, 11) is 0. The second kappa shape index (κ2) is 7.45. The van der Waals surface area contributed by atoms with E-state index in [4.69, 9.17) is 16.0 Å². The van der Waals surface area contributed by atoms with Crippen LogP contribution in [0.1, 0.15) is 18.5 Å². The van der Waals surface area contributed by atoms with E-state index in [0.717, 1.165) is 5.56 Å². The Morgan fingerprint density at radius 1 is 1.12 bits per heavy atom. The van der Waals surface area contributed by atoms with Crippen LogP contribution in [0.4, 0.5) is 0 Å². The summed E-state index contributed by atoms with van der Waals surface area (Å²) in [6, 6.07) is 12.8. The number of para-hydroxylation sites is 2. The maximum Gasteiger partial charge on any atom is 0.420 e. The van der Waals surface area contributed by atoms with E-state index in [0.29, 0.717) is 16.1 Å². The number of carbonyl (C=O) groups excluding carboxylic acids is 2. The molecule has 134 valence electrons. The summed E-state index contributed by atoms with van der Waals surface area (Å²) >= 11 is 5.80. The van der Waals surface area contributed by atoms with Gasteiger partial charge in [-0.25, -0.2) is 4.79 Å². The van der Waals surface area contributed by atoms with Gasteiger partial charge in [-0.3, -0.25) is 25.0 Å². The average Bonchev–Trinajstić information content (AvgIpc) is 2.96. The Kier molecular flexibility index (Phi) is 5.09. The number of oxazole rings is 1. The van der Waals surface area contributed by atoms with Crippen LogP contribution in [0.2, 0.25) is 5.02 Å². The van der Waals surface area contributed by atoms with Gasteiger partial charge >= 0.3 is 5.76 Å². The topological polar surface area (TPSA) is 93.3 Å². The Morgan fingerprint density at radius 2 is 1.81 bits per heavy atom. The lowest BCUT2D eigenvalue weighted by Crippen LogP contribution is -2.46. The van der Waals surface area contributed by atoms with Crippen LogP contribution in [0.25, 0.3) is 11.1 Å². The zero-order valence-corrected chi connectivity index (χ0v) is 14.6. The van der Waals surface area contributed by atoms with Crippen LogP contribution in [0, 0.1) is 0 Å². The number of benzene rings is 2. The van der Waals surface area contributed by atoms with Gasteiger partial charge in [0.2, 0.25) is 5.91 Å². The molecule has 8 heteroatoms. The molecule has 2 aromatic carbocycles. The number of aromatic nitrogens is 1. The summed E-state index contributed by atoms with van der Waals surface area (Å²) in [5, 5.41) is 0.578. The number of hydrogen-bond acceptors (Lipinski definition) is 4. The highest BCUT2D eigenvalue weighted by Crippen LogP contribution is 2.16. The van der Waals surface area contributed by atoms with E-state index in [1.807, 2.05) is 0 Å². The fraction of sp³-hybridized carbons (Fsp3) is 0.167. The van der Waals surface area contributed by atoms with Crippen LogP contribution < -0.4 is 16.6 Å². The lowest BCUT2D eigenvalue weighted by Gasteiger charge is -2.14. The van der Waals surface area contributed by atoms with Gasteiger partial charge in [0.1, 0.15) is 6.04 Å². The molecule has 2 N–H and O–H groups in total. The molecule has 0 saturated carbocycles. The predicted octanol–water partition coefficient (Wildman–Crippen LogP) is 2.20. The van der Waals surface area contributed by atoms with Gasteiger partial charge < -0.3 is 4.42 Å². The zero-order chi connectivity index (χ0) is 18.7. The number of carbonyl (C=O) groups is 2. The van der Waals surface area contributed by atoms with Crippen molar-refractivity contribution in [2.75, 3.05) is 0 Å². The summed E-state index contributed by atoms with van der Waals surface area (Å²) in [5.41, 5.74) is 6.32. The lowest BCUT2D eigenvalue weighted by molar-refractivity contribution is -0.130. The highest BCUT2D eigenvalue weighted by Gasteiger charge is 2.21.